The second-order valence-electron chi connectivity index (χ2n) is 8.79. The van der Waals surface area contributed by atoms with Crippen molar-refractivity contribution < 1.29 is 5.21 Å². The molecule has 5 heteroatoms. The zero-order valence-corrected chi connectivity index (χ0v) is 17.7. The van der Waals surface area contributed by atoms with E-state index in [1.165, 1.54) is 17.9 Å². The van der Waals surface area contributed by atoms with Crippen molar-refractivity contribution in [2.45, 2.75) is 64.2 Å². The van der Waals surface area contributed by atoms with Crippen LogP contribution in [0.25, 0.3) is 0 Å². The molecule has 2 saturated heterocycles. The Bertz CT molecular complexity index is 582. The summed E-state index contributed by atoms with van der Waals surface area (Å²) in [5.74, 6) is 0. The van der Waals surface area contributed by atoms with Crippen molar-refractivity contribution in [2.75, 3.05) is 33.2 Å². The van der Waals surface area contributed by atoms with E-state index >= 15 is 0 Å². The Morgan fingerprint density at radius 2 is 1.89 bits per heavy atom. The van der Waals surface area contributed by atoms with E-state index in [0.717, 1.165) is 71.1 Å². The molecule has 0 aromatic rings. The van der Waals surface area contributed by atoms with Gasteiger partial charge >= 0.3 is 0 Å². The lowest BCUT2D eigenvalue weighted by Gasteiger charge is -2.43. The molecule has 156 valence electrons. The first-order valence-electron chi connectivity index (χ1n) is 10.8. The predicted molar refractivity (Wildman–Crippen MR) is 115 cm³/mol. The molecule has 0 aromatic carbocycles. The number of rotatable bonds is 10. The molecular formula is C23H38N4O. The average Bonchev–Trinajstić information content (AvgIpc) is 2.67. The van der Waals surface area contributed by atoms with Gasteiger partial charge < -0.3 is 15.1 Å². The van der Waals surface area contributed by atoms with Gasteiger partial charge in [0.25, 0.3) is 0 Å². The van der Waals surface area contributed by atoms with Crippen LogP contribution >= 0.6 is 0 Å². The molecule has 0 spiro atoms. The lowest BCUT2D eigenvalue weighted by molar-refractivity contribution is -0.140. The van der Waals surface area contributed by atoms with Gasteiger partial charge in [-0.2, -0.15) is 10.3 Å². The Morgan fingerprint density at radius 3 is 2.57 bits per heavy atom. The molecule has 5 nitrogen and oxygen atoms in total. The molecule has 2 aliphatic heterocycles. The van der Waals surface area contributed by atoms with Gasteiger partial charge in [-0.25, -0.2) is 0 Å². The minimum Gasteiger partial charge on any atom is -0.377 e. The summed E-state index contributed by atoms with van der Waals surface area (Å²) >= 11 is 0. The zero-order valence-electron chi connectivity index (χ0n) is 17.7. The highest BCUT2D eigenvalue weighted by Gasteiger charge is 2.35. The summed E-state index contributed by atoms with van der Waals surface area (Å²) in [6.07, 6.45) is 18.8. The third-order valence-corrected chi connectivity index (χ3v) is 6.53. The molecule has 0 bridgehead atoms. The van der Waals surface area contributed by atoms with Crippen molar-refractivity contribution in [3.05, 3.63) is 24.9 Å². The summed E-state index contributed by atoms with van der Waals surface area (Å²) in [6.45, 7) is 7.58. The van der Waals surface area contributed by atoms with E-state index in [4.69, 9.17) is 5.26 Å². The van der Waals surface area contributed by atoms with Crippen molar-refractivity contribution in [3.63, 3.8) is 0 Å². The van der Waals surface area contributed by atoms with Gasteiger partial charge in [0.1, 0.15) is 0 Å². The van der Waals surface area contributed by atoms with Crippen LogP contribution in [-0.4, -0.2) is 54.6 Å². The molecule has 2 heterocycles. The highest BCUT2D eigenvalue weighted by Crippen LogP contribution is 2.40. The van der Waals surface area contributed by atoms with Crippen LogP contribution in [0.1, 0.15) is 64.2 Å². The molecule has 2 fully saturated rings. The second kappa shape index (κ2) is 11.4. The quantitative estimate of drug-likeness (QED) is 0.432. The molecule has 0 aromatic heterocycles. The Labute approximate surface area is 171 Å². The minimum atomic E-state index is 0.138. The Hall–Kier alpha value is -1.64. The molecule has 1 N–H and O–H groups in total. The summed E-state index contributed by atoms with van der Waals surface area (Å²) in [4.78, 5) is 6.56. The molecule has 0 unspecified atom stereocenters. The van der Waals surface area contributed by atoms with E-state index in [0.29, 0.717) is 6.42 Å². The van der Waals surface area contributed by atoms with E-state index in [-0.39, 0.29) is 10.8 Å². The van der Waals surface area contributed by atoms with Crippen LogP contribution in [0.5, 0.6) is 0 Å². The van der Waals surface area contributed by atoms with Gasteiger partial charge in [0.05, 0.1) is 6.07 Å². The number of aliphatic imine (C=N–C) groups is 1. The van der Waals surface area contributed by atoms with E-state index in [1.54, 1.807) is 0 Å². The number of allylic oxidation sites excluding steroid dienone is 2. The van der Waals surface area contributed by atoms with Crippen LogP contribution in [0.2, 0.25) is 0 Å². The first kappa shape index (κ1) is 22.6. The first-order chi connectivity index (χ1) is 13.6. The number of hydrogen-bond donors (Lipinski definition) is 1. The number of hydrogen-bond acceptors (Lipinski definition) is 5. The maximum atomic E-state index is 10.1. The van der Waals surface area contributed by atoms with Crippen molar-refractivity contribution in [1.82, 2.24) is 9.96 Å². The Morgan fingerprint density at radius 1 is 1.14 bits per heavy atom. The normalized spacial score (nSPS) is 29.4. The monoisotopic (exact) mass is 386 g/mol. The van der Waals surface area contributed by atoms with E-state index in [2.05, 4.69) is 34.8 Å². The van der Waals surface area contributed by atoms with Gasteiger partial charge in [-0.1, -0.05) is 12.2 Å². The lowest BCUT2D eigenvalue weighted by Crippen LogP contribution is -2.42. The SMILES string of the molecule is C=CC[C@]1(CCC#N)CCCN(/C=C/C[C@]2(CC/C=N/C)CCCN(O)C2)C1. The molecule has 0 aliphatic carbocycles. The largest absolute Gasteiger partial charge is 0.377 e. The van der Waals surface area contributed by atoms with Gasteiger partial charge in [0.15, 0.2) is 0 Å². The fraction of sp³-hybridized carbons (Fsp3) is 0.739. The molecule has 0 radical (unpaired) electrons. The van der Waals surface area contributed by atoms with Crippen molar-refractivity contribution in [1.29, 1.82) is 5.26 Å². The molecule has 2 atom stereocenters. The summed E-state index contributed by atoms with van der Waals surface area (Å²) in [5, 5.41) is 20.6. The fourth-order valence-corrected chi connectivity index (χ4v) is 5.08. The van der Waals surface area contributed by atoms with Gasteiger partial charge in [0.2, 0.25) is 0 Å². The van der Waals surface area contributed by atoms with Gasteiger partial charge in [-0.3, -0.25) is 0 Å². The van der Waals surface area contributed by atoms with Crippen molar-refractivity contribution in [3.8, 4) is 6.07 Å². The van der Waals surface area contributed by atoms with Gasteiger partial charge in [-0.15, -0.1) is 6.58 Å². The summed E-state index contributed by atoms with van der Waals surface area (Å²) in [5.41, 5.74) is 0.335. The van der Waals surface area contributed by atoms with Crippen LogP contribution < -0.4 is 0 Å². The van der Waals surface area contributed by atoms with Crippen LogP contribution in [0.4, 0.5) is 0 Å². The molecule has 0 saturated carbocycles. The second-order valence-corrected chi connectivity index (χ2v) is 8.79. The van der Waals surface area contributed by atoms with Crippen LogP contribution in [-0.2, 0) is 0 Å². The molecular weight excluding hydrogens is 348 g/mol. The highest BCUT2D eigenvalue weighted by atomic mass is 16.5. The average molecular weight is 387 g/mol. The number of nitriles is 1. The van der Waals surface area contributed by atoms with E-state index in [9.17, 15) is 5.21 Å². The van der Waals surface area contributed by atoms with Crippen molar-refractivity contribution in [2.24, 2.45) is 15.8 Å². The Kier molecular flexibility index (Phi) is 9.21. The van der Waals surface area contributed by atoms with Crippen LogP contribution in [0.15, 0.2) is 29.9 Å². The van der Waals surface area contributed by atoms with Crippen LogP contribution in [0.3, 0.4) is 0 Å². The molecule has 28 heavy (non-hydrogen) atoms. The lowest BCUT2D eigenvalue weighted by atomic mass is 9.73. The first-order valence-corrected chi connectivity index (χ1v) is 10.8. The topological polar surface area (TPSA) is 62.9 Å². The third kappa shape index (κ3) is 6.76. The smallest absolute Gasteiger partial charge is 0.0621 e. The summed E-state index contributed by atoms with van der Waals surface area (Å²) < 4.78 is 0. The maximum Gasteiger partial charge on any atom is 0.0621 e. The number of hydroxylamine groups is 2. The summed E-state index contributed by atoms with van der Waals surface area (Å²) in [7, 11) is 1.82. The van der Waals surface area contributed by atoms with Gasteiger partial charge in [0, 0.05) is 39.6 Å². The van der Waals surface area contributed by atoms with Crippen LogP contribution in [0, 0.1) is 22.2 Å². The molecule has 2 rings (SSSR count). The van der Waals surface area contributed by atoms with E-state index < -0.39 is 0 Å². The molecule has 0 amide bonds. The summed E-state index contributed by atoms with van der Waals surface area (Å²) in [6, 6.07) is 2.32. The number of piperidine rings is 2. The minimum absolute atomic E-state index is 0.138. The standard InChI is InChI=1S/C23H38N4O/c1-3-9-22(10-4-15-24)12-6-17-26(20-22)18-7-13-23(11-5-16-25-2)14-8-19-27(28)21-23/h3,7,16,18,28H,1,4-6,8-14,17,19-21H2,2H3/b18-7+,25-16+/t22-,23+/m0/s1. The maximum absolute atomic E-state index is 10.1. The number of likely N-dealkylation sites (tertiary alicyclic amines) is 1. The molecule has 2 aliphatic rings. The third-order valence-electron chi connectivity index (χ3n) is 6.53. The predicted octanol–water partition coefficient (Wildman–Crippen LogP) is 4.80. The van der Waals surface area contributed by atoms with Gasteiger partial charge in [-0.05, 0) is 81.0 Å². The fourth-order valence-electron chi connectivity index (χ4n) is 5.08. The Balaban J connectivity index is 1.99. The van der Waals surface area contributed by atoms with E-state index in [1.807, 2.05) is 19.3 Å². The van der Waals surface area contributed by atoms with Crippen molar-refractivity contribution >= 4 is 6.21 Å². The number of nitrogens with zero attached hydrogens (tertiary/aromatic N) is 4. The highest BCUT2D eigenvalue weighted by molar-refractivity contribution is 5.56. The zero-order chi connectivity index (χ0) is 20.3.